The molecule has 8 nitrogen and oxygen atoms in total. The van der Waals surface area contributed by atoms with E-state index in [2.05, 4.69) is 11.9 Å². The predicted octanol–water partition coefficient (Wildman–Crippen LogP) is -0.256. The van der Waals surface area contributed by atoms with Gasteiger partial charge in [0.15, 0.2) is 0 Å². The summed E-state index contributed by atoms with van der Waals surface area (Å²) in [6.07, 6.45) is 1.41. The van der Waals surface area contributed by atoms with E-state index in [-0.39, 0.29) is 37.0 Å². The summed E-state index contributed by atoms with van der Waals surface area (Å²) in [6.45, 7) is 5.28. The lowest BCUT2D eigenvalue weighted by molar-refractivity contribution is -0.139. The standard InChI is InChI=1S/C15H21NO7S/c1-3-12(18)21-5-4-16-11(17)8-22-14-13-9-6-15(14,2)7-10(9)24(19,20)23-13/h3,9-10,13-14H,1,4-8H2,2H3,(H,16,17). The van der Waals surface area contributed by atoms with Crippen molar-refractivity contribution >= 4 is 22.0 Å². The molecule has 2 bridgehead atoms. The Morgan fingerprint density at radius 3 is 2.88 bits per heavy atom. The Labute approximate surface area is 140 Å². The third-order valence-corrected chi connectivity index (χ3v) is 6.85. The van der Waals surface area contributed by atoms with Crippen molar-refractivity contribution in [2.45, 2.75) is 37.2 Å². The summed E-state index contributed by atoms with van der Waals surface area (Å²) in [6, 6.07) is 0. The van der Waals surface area contributed by atoms with Crippen molar-refractivity contribution < 1.29 is 31.7 Å². The number of carbonyl (C=O) groups is 2. The molecule has 2 saturated carbocycles. The Balaban J connectivity index is 1.47. The Bertz CT molecular complexity index is 661. The highest BCUT2D eigenvalue weighted by molar-refractivity contribution is 7.87. The Kier molecular flexibility index (Phi) is 4.43. The summed E-state index contributed by atoms with van der Waals surface area (Å²) in [4.78, 5) is 22.7. The van der Waals surface area contributed by atoms with E-state index in [1.54, 1.807) is 0 Å². The minimum absolute atomic E-state index is 0.0358. The molecule has 5 unspecified atom stereocenters. The van der Waals surface area contributed by atoms with E-state index in [0.29, 0.717) is 6.42 Å². The lowest BCUT2D eigenvalue weighted by Crippen LogP contribution is -2.43. The maximum absolute atomic E-state index is 12.0. The molecule has 9 heteroatoms. The molecule has 0 radical (unpaired) electrons. The first-order chi connectivity index (χ1) is 11.3. The quantitative estimate of drug-likeness (QED) is 0.289. The van der Waals surface area contributed by atoms with E-state index in [1.807, 2.05) is 6.92 Å². The van der Waals surface area contributed by atoms with Crippen molar-refractivity contribution in [3.63, 3.8) is 0 Å². The molecular weight excluding hydrogens is 338 g/mol. The van der Waals surface area contributed by atoms with Crippen molar-refractivity contribution in [3.8, 4) is 0 Å². The van der Waals surface area contributed by atoms with E-state index in [4.69, 9.17) is 13.7 Å². The number of nitrogens with one attached hydrogen (secondary N) is 1. The number of rotatable bonds is 7. The van der Waals surface area contributed by atoms with Crippen LogP contribution in [0, 0.1) is 11.3 Å². The summed E-state index contributed by atoms with van der Waals surface area (Å²) in [5.74, 6) is -0.940. The van der Waals surface area contributed by atoms with Crippen LogP contribution in [0.2, 0.25) is 0 Å². The third kappa shape index (κ3) is 2.96. The van der Waals surface area contributed by atoms with Crippen molar-refractivity contribution in [2.75, 3.05) is 19.8 Å². The van der Waals surface area contributed by atoms with E-state index < -0.39 is 33.5 Å². The first-order valence-corrected chi connectivity index (χ1v) is 9.33. The lowest BCUT2D eigenvalue weighted by atomic mass is 9.82. The van der Waals surface area contributed by atoms with Gasteiger partial charge >= 0.3 is 5.97 Å². The molecular formula is C15H21NO7S. The maximum Gasteiger partial charge on any atom is 0.330 e. The fourth-order valence-corrected chi connectivity index (χ4v) is 6.08. The number of amides is 1. The second kappa shape index (κ2) is 6.12. The SMILES string of the molecule is C=CC(=O)OCCNC(=O)COC1C2OS(=O)(=O)C3CC1(C)CC23. The monoisotopic (exact) mass is 359 g/mol. The molecule has 0 aromatic carbocycles. The van der Waals surface area contributed by atoms with Crippen LogP contribution in [-0.4, -0.2) is 57.5 Å². The Hall–Kier alpha value is -1.45. The van der Waals surface area contributed by atoms with Crippen LogP contribution in [-0.2, 0) is 33.4 Å². The van der Waals surface area contributed by atoms with Gasteiger partial charge in [-0.2, -0.15) is 8.42 Å². The van der Waals surface area contributed by atoms with Crippen LogP contribution in [0.5, 0.6) is 0 Å². The van der Waals surface area contributed by atoms with Crippen molar-refractivity contribution in [1.29, 1.82) is 0 Å². The molecule has 1 heterocycles. The van der Waals surface area contributed by atoms with Crippen molar-refractivity contribution in [3.05, 3.63) is 12.7 Å². The largest absolute Gasteiger partial charge is 0.461 e. The van der Waals surface area contributed by atoms with E-state index >= 15 is 0 Å². The van der Waals surface area contributed by atoms with Crippen LogP contribution < -0.4 is 5.32 Å². The van der Waals surface area contributed by atoms with Gasteiger partial charge in [-0.3, -0.25) is 8.98 Å². The third-order valence-electron chi connectivity index (χ3n) is 5.10. The molecule has 3 fully saturated rings. The van der Waals surface area contributed by atoms with Gasteiger partial charge in [0.2, 0.25) is 5.91 Å². The maximum atomic E-state index is 12.0. The van der Waals surface area contributed by atoms with Crippen LogP contribution in [0.4, 0.5) is 0 Å². The normalized spacial score (nSPS) is 38.0. The zero-order chi connectivity index (χ0) is 17.5. The molecule has 1 aliphatic heterocycles. The molecule has 1 amide bonds. The minimum atomic E-state index is -3.51. The zero-order valence-corrected chi connectivity index (χ0v) is 14.2. The number of fused-ring (bicyclic) bond motifs is 1. The first kappa shape index (κ1) is 17.4. The molecule has 0 spiro atoms. The van der Waals surface area contributed by atoms with Gasteiger partial charge in [0.05, 0.1) is 17.9 Å². The smallest absolute Gasteiger partial charge is 0.330 e. The van der Waals surface area contributed by atoms with Gasteiger partial charge in [0, 0.05) is 12.0 Å². The van der Waals surface area contributed by atoms with Crippen LogP contribution in [0.25, 0.3) is 0 Å². The number of carbonyl (C=O) groups excluding carboxylic acids is 2. The van der Waals surface area contributed by atoms with E-state index in [0.717, 1.165) is 12.5 Å². The minimum Gasteiger partial charge on any atom is -0.461 e. The Morgan fingerprint density at radius 2 is 2.17 bits per heavy atom. The second-order valence-corrected chi connectivity index (χ2v) is 8.55. The van der Waals surface area contributed by atoms with Gasteiger partial charge in [-0.05, 0) is 18.3 Å². The summed E-state index contributed by atoms with van der Waals surface area (Å²) >= 11 is 0. The van der Waals surface area contributed by atoms with Gasteiger partial charge in [0.25, 0.3) is 10.1 Å². The molecule has 24 heavy (non-hydrogen) atoms. The fourth-order valence-electron chi connectivity index (χ4n) is 4.12. The predicted molar refractivity (Wildman–Crippen MR) is 82.3 cm³/mol. The van der Waals surface area contributed by atoms with Crippen LogP contribution in [0.3, 0.4) is 0 Å². The fraction of sp³-hybridized carbons (Fsp3) is 0.733. The van der Waals surface area contributed by atoms with Gasteiger partial charge in [-0.15, -0.1) is 0 Å². The second-order valence-electron chi connectivity index (χ2n) is 6.77. The van der Waals surface area contributed by atoms with E-state index in [9.17, 15) is 18.0 Å². The Morgan fingerprint density at radius 1 is 1.42 bits per heavy atom. The van der Waals surface area contributed by atoms with Gasteiger partial charge < -0.3 is 14.8 Å². The molecule has 3 aliphatic rings. The van der Waals surface area contributed by atoms with Gasteiger partial charge in [-0.25, -0.2) is 4.79 Å². The molecule has 0 aromatic rings. The summed E-state index contributed by atoms with van der Waals surface area (Å²) in [5, 5.41) is 2.14. The molecule has 134 valence electrons. The number of hydrogen-bond acceptors (Lipinski definition) is 7. The molecule has 3 rings (SSSR count). The van der Waals surface area contributed by atoms with Crippen LogP contribution in [0.1, 0.15) is 19.8 Å². The molecule has 5 atom stereocenters. The number of hydrogen-bond donors (Lipinski definition) is 1. The summed E-state index contributed by atoms with van der Waals surface area (Å²) in [5.41, 5.74) is -0.274. The highest BCUT2D eigenvalue weighted by Crippen LogP contribution is 2.61. The van der Waals surface area contributed by atoms with Crippen LogP contribution in [0.15, 0.2) is 12.7 Å². The first-order valence-electron chi connectivity index (χ1n) is 7.86. The average molecular weight is 359 g/mol. The van der Waals surface area contributed by atoms with Crippen molar-refractivity contribution in [2.24, 2.45) is 11.3 Å². The van der Waals surface area contributed by atoms with E-state index in [1.165, 1.54) is 0 Å². The average Bonchev–Trinajstić information content (AvgIpc) is 3.06. The lowest BCUT2D eigenvalue weighted by Gasteiger charge is -2.32. The topological polar surface area (TPSA) is 108 Å². The number of esters is 1. The van der Waals surface area contributed by atoms with Gasteiger partial charge in [0.1, 0.15) is 19.3 Å². The summed E-state index contributed by atoms with van der Waals surface area (Å²) in [7, 11) is -3.51. The summed E-state index contributed by atoms with van der Waals surface area (Å²) < 4.78 is 39.6. The van der Waals surface area contributed by atoms with Gasteiger partial charge in [-0.1, -0.05) is 13.5 Å². The highest BCUT2D eigenvalue weighted by Gasteiger charge is 2.69. The number of ether oxygens (including phenoxy) is 2. The highest BCUT2D eigenvalue weighted by atomic mass is 32.2. The van der Waals surface area contributed by atoms with Crippen molar-refractivity contribution in [1.82, 2.24) is 5.32 Å². The zero-order valence-electron chi connectivity index (χ0n) is 13.4. The van der Waals surface area contributed by atoms with Crippen LogP contribution >= 0.6 is 0 Å². The molecule has 0 aromatic heterocycles. The molecule has 1 N–H and O–H groups in total. The molecule has 2 aliphatic carbocycles. The molecule has 1 saturated heterocycles.